The number of halogens is 1. The lowest BCUT2D eigenvalue weighted by Gasteiger charge is -2.04. The fourth-order valence-electron chi connectivity index (χ4n) is 5.47. The quantitative estimate of drug-likeness (QED) is 0.0459. The minimum Gasteiger partial charge on any atom is -0.481 e. The molecule has 4 aromatic carbocycles. The summed E-state index contributed by atoms with van der Waals surface area (Å²) in [7, 11) is 0. The Labute approximate surface area is 346 Å². The first-order valence-corrected chi connectivity index (χ1v) is 18.7. The number of para-hydroxylation sites is 2. The molecular formula is C42H44BrN5O11. The SMILES string of the molecule is CCOC(=O)c1[nH]c2ccc(Br)cc2c1CCCC(=O)O.Cc1cccc(C(=O)O)c1N.Nc1ccc(C(=O)NCC(=O)O)cc1.O=C(O)Cc1c[nH]c2ccccc12. The fraction of sp³-hybridized carbons (Fsp3) is 0.190. The number of aliphatic carboxylic acids is 3. The Morgan fingerprint density at radius 2 is 1.49 bits per heavy atom. The van der Waals surface area contributed by atoms with Gasteiger partial charge in [-0.1, -0.05) is 46.3 Å². The van der Waals surface area contributed by atoms with E-state index in [4.69, 9.17) is 36.6 Å². The maximum Gasteiger partial charge on any atom is 0.355 e. The molecule has 0 radical (unpaired) electrons. The zero-order chi connectivity index (χ0) is 43.6. The van der Waals surface area contributed by atoms with Crippen LogP contribution in [0.3, 0.4) is 0 Å². The molecule has 17 heteroatoms. The van der Waals surface area contributed by atoms with Crippen molar-refractivity contribution in [1.29, 1.82) is 0 Å². The molecule has 310 valence electrons. The highest BCUT2D eigenvalue weighted by molar-refractivity contribution is 9.10. The van der Waals surface area contributed by atoms with Crippen molar-refractivity contribution >= 4 is 84.9 Å². The van der Waals surface area contributed by atoms with Gasteiger partial charge < -0.3 is 51.9 Å². The number of benzene rings is 4. The van der Waals surface area contributed by atoms with E-state index >= 15 is 0 Å². The number of nitrogen functional groups attached to an aromatic ring is 2. The normalized spacial score (nSPS) is 10.2. The molecule has 2 heterocycles. The van der Waals surface area contributed by atoms with Crippen LogP contribution in [0.1, 0.15) is 67.7 Å². The number of aromatic carboxylic acids is 1. The number of H-pyrrole nitrogens is 2. The van der Waals surface area contributed by atoms with Gasteiger partial charge in [-0.2, -0.15) is 0 Å². The molecule has 0 spiro atoms. The maximum atomic E-state index is 12.0. The summed E-state index contributed by atoms with van der Waals surface area (Å²) in [6, 6.07) is 24.5. The van der Waals surface area contributed by atoms with E-state index < -0.39 is 35.8 Å². The molecule has 0 aliphatic carbocycles. The first kappa shape index (κ1) is 46.2. The van der Waals surface area contributed by atoms with Gasteiger partial charge in [-0.25, -0.2) is 9.59 Å². The third kappa shape index (κ3) is 14.4. The van der Waals surface area contributed by atoms with E-state index in [0.717, 1.165) is 43.0 Å². The van der Waals surface area contributed by atoms with E-state index in [0.29, 0.717) is 42.1 Å². The molecule has 59 heavy (non-hydrogen) atoms. The highest BCUT2D eigenvalue weighted by Crippen LogP contribution is 2.28. The Hall–Kier alpha value is -7.14. The summed E-state index contributed by atoms with van der Waals surface area (Å²) in [4.78, 5) is 71.2. The number of rotatable bonds is 12. The third-order valence-electron chi connectivity index (χ3n) is 8.31. The number of esters is 1. The van der Waals surface area contributed by atoms with E-state index in [9.17, 15) is 28.8 Å². The topological polar surface area (TPSA) is 288 Å². The number of anilines is 2. The predicted molar refractivity (Wildman–Crippen MR) is 226 cm³/mol. The number of hydrogen-bond donors (Lipinski definition) is 9. The Kier molecular flexibility index (Phi) is 17.7. The largest absolute Gasteiger partial charge is 0.481 e. The van der Waals surface area contributed by atoms with E-state index in [1.807, 2.05) is 42.5 Å². The summed E-state index contributed by atoms with van der Waals surface area (Å²) in [5.74, 6) is -4.53. The van der Waals surface area contributed by atoms with Crippen molar-refractivity contribution in [3.63, 3.8) is 0 Å². The number of aromatic nitrogens is 2. The number of carbonyl (C=O) groups is 6. The second-order valence-electron chi connectivity index (χ2n) is 12.6. The summed E-state index contributed by atoms with van der Waals surface area (Å²) < 4.78 is 5.96. The van der Waals surface area contributed by atoms with Crippen molar-refractivity contribution < 1.29 is 53.9 Å². The van der Waals surface area contributed by atoms with Gasteiger partial charge in [-0.15, -0.1) is 0 Å². The lowest BCUT2D eigenvalue weighted by molar-refractivity contribution is -0.137. The molecule has 0 fully saturated rings. The van der Waals surface area contributed by atoms with E-state index in [1.165, 1.54) is 18.2 Å². The number of nitrogens with two attached hydrogens (primary N) is 2. The molecule has 0 saturated carbocycles. The van der Waals surface area contributed by atoms with Crippen LogP contribution in [0, 0.1) is 6.92 Å². The summed E-state index contributed by atoms with van der Waals surface area (Å²) in [5.41, 5.74) is 17.1. The van der Waals surface area contributed by atoms with Gasteiger partial charge >= 0.3 is 29.8 Å². The molecule has 2 aromatic heterocycles. The standard InChI is InChI=1S/C15H16BrNO4.C10H9NO2.C9H10N2O3.C8H9NO2/c1-2-21-15(20)14-10(4-3-5-13(18)19)11-8-9(16)6-7-12(11)17-14;12-10(13)5-7-6-11-9-4-2-1-3-8(7)9;10-7-3-1-6(2-4-7)9(14)11-5-8(12)13;1-5-3-2-4-6(7(5)9)8(10)11/h6-8,17H,2-5H2,1H3,(H,18,19);1-4,6,11H,5H2,(H,12,13);1-4H,5,10H2,(H,11,14)(H,12,13);2-4H,9H2,1H3,(H,10,11). The number of aromatic amines is 2. The van der Waals surface area contributed by atoms with Gasteiger partial charge in [0, 0.05) is 55.8 Å². The van der Waals surface area contributed by atoms with Crippen molar-refractivity contribution in [1.82, 2.24) is 15.3 Å². The van der Waals surface area contributed by atoms with Gasteiger partial charge in [0.2, 0.25) is 0 Å². The van der Waals surface area contributed by atoms with Crippen LogP contribution in [0.5, 0.6) is 0 Å². The zero-order valence-corrected chi connectivity index (χ0v) is 33.7. The van der Waals surface area contributed by atoms with Crippen LogP contribution < -0.4 is 16.8 Å². The summed E-state index contributed by atoms with van der Waals surface area (Å²) in [6.45, 7) is 3.44. The van der Waals surface area contributed by atoms with Crippen LogP contribution in [0.15, 0.2) is 95.6 Å². The number of fused-ring (bicyclic) bond motifs is 2. The average molecular weight is 875 g/mol. The Morgan fingerprint density at radius 3 is 2.10 bits per heavy atom. The van der Waals surface area contributed by atoms with Crippen LogP contribution in [-0.2, 0) is 32.0 Å². The van der Waals surface area contributed by atoms with Crippen LogP contribution in [0.4, 0.5) is 11.4 Å². The molecule has 1 amide bonds. The molecule has 16 nitrogen and oxygen atoms in total. The molecule has 0 aliphatic rings. The van der Waals surface area contributed by atoms with Crippen molar-refractivity contribution in [2.75, 3.05) is 24.6 Å². The summed E-state index contributed by atoms with van der Waals surface area (Å²) in [6.07, 6.45) is 2.88. The van der Waals surface area contributed by atoms with Crippen molar-refractivity contribution in [3.8, 4) is 0 Å². The molecule has 6 aromatic rings. The first-order valence-electron chi connectivity index (χ1n) is 17.9. The maximum absolute atomic E-state index is 12.0. The molecule has 0 aliphatic heterocycles. The van der Waals surface area contributed by atoms with Gasteiger partial charge in [0.15, 0.2) is 0 Å². The highest BCUT2D eigenvalue weighted by Gasteiger charge is 2.19. The number of amides is 1. The number of carboxylic acids is 4. The monoisotopic (exact) mass is 873 g/mol. The Bertz CT molecular complexity index is 2420. The molecule has 0 unspecified atom stereocenters. The van der Waals surface area contributed by atoms with Gasteiger partial charge in [0.1, 0.15) is 12.2 Å². The number of nitrogens with one attached hydrogen (secondary N) is 3. The predicted octanol–water partition coefficient (Wildman–Crippen LogP) is 6.67. The molecule has 0 saturated heterocycles. The van der Waals surface area contributed by atoms with E-state index in [-0.39, 0.29) is 24.9 Å². The minimum absolute atomic E-state index is 0.0724. The van der Waals surface area contributed by atoms with Gasteiger partial charge in [-0.3, -0.25) is 19.2 Å². The van der Waals surface area contributed by atoms with Crippen molar-refractivity contribution in [2.45, 2.75) is 39.5 Å². The lowest BCUT2D eigenvalue weighted by Crippen LogP contribution is -2.29. The van der Waals surface area contributed by atoms with E-state index in [2.05, 4.69) is 31.2 Å². The molecule has 0 bridgehead atoms. The average Bonchev–Trinajstić information content (AvgIpc) is 3.76. The third-order valence-corrected chi connectivity index (χ3v) is 8.80. The molecule has 0 atom stereocenters. The summed E-state index contributed by atoms with van der Waals surface area (Å²) in [5, 5.41) is 38.5. The van der Waals surface area contributed by atoms with E-state index in [1.54, 1.807) is 44.3 Å². The van der Waals surface area contributed by atoms with Gasteiger partial charge in [0.05, 0.1) is 18.6 Å². The van der Waals surface area contributed by atoms with Crippen LogP contribution >= 0.6 is 15.9 Å². The number of carboxylic acid groups (broad SMARTS) is 4. The number of hydrogen-bond acceptors (Lipinski definition) is 9. The number of aryl methyl sites for hydroxylation is 2. The van der Waals surface area contributed by atoms with Crippen LogP contribution in [0.2, 0.25) is 0 Å². The lowest BCUT2D eigenvalue weighted by atomic mass is 10.0. The van der Waals surface area contributed by atoms with Gasteiger partial charge in [-0.05, 0) is 98.0 Å². The first-order chi connectivity index (χ1) is 28.0. The fourth-order valence-corrected chi connectivity index (χ4v) is 5.83. The smallest absolute Gasteiger partial charge is 0.355 e. The summed E-state index contributed by atoms with van der Waals surface area (Å²) >= 11 is 3.41. The minimum atomic E-state index is -1.08. The molecular weight excluding hydrogens is 830 g/mol. The second-order valence-corrected chi connectivity index (χ2v) is 13.5. The van der Waals surface area contributed by atoms with Crippen LogP contribution in [-0.4, -0.2) is 79.3 Å². The highest BCUT2D eigenvalue weighted by atomic mass is 79.9. The van der Waals surface area contributed by atoms with Crippen molar-refractivity contribution in [2.24, 2.45) is 0 Å². The van der Waals surface area contributed by atoms with Gasteiger partial charge in [0.25, 0.3) is 5.91 Å². The number of carbonyl (C=O) groups excluding carboxylic acids is 2. The van der Waals surface area contributed by atoms with Crippen LogP contribution in [0.25, 0.3) is 21.8 Å². The van der Waals surface area contributed by atoms with Crippen molar-refractivity contribution in [3.05, 3.63) is 129 Å². The molecule has 6 rings (SSSR count). The Morgan fingerprint density at radius 1 is 0.797 bits per heavy atom. The number of ether oxygens (including phenoxy) is 1. The Balaban J connectivity index is 0.000000217. The zero-order valence-electron chi connectivity index (χ0n) is 32.1. The second kappa shape index (κ2) is 22.6. The molecule has 11 N–H and O–H groups in total.